The maximum atomic E-state index is 13.1. The number of hydrogen-bond acceptors (Lipinski definition) is 5. The van der Waals surface area contributed by atoms with Crippen molar-refractivity contribution in [3.05, 3.63) is 93.9 Å². The van der Waals surface area contributed by atoms with Crippen molar-refractivity contribution >= 4 is 33.4 Å². The van der Waals surface area contributed by atoms with E-state index in [1.54, 1.807) is 36.4 Å². The van der Waals surface area contributed by atoms with Gasteiger partial charge in [-0.1, -0.05) is 53.5 Å². The van der Waals surface area contributed by atoms with Gasteiger partial charge in [0.05, 0.1) is 31.0 Å². The first-order valence-corrected chi connectivity index (χ1v) is 11.6. The van der Waals surface area contributed by atoms with E-state index in [0.717, 1.165) is 17.3 Å². The Kier molecular flexibility index (Phi) is 6.99. The van der Waals surface area contributed by atoms with E-state index in [1.807, 2.05) is 24.3 Å². The number of unbranched alkanes of at least 4 members (excludes halogenated alkanes) is 1. The number of nitrogens with zero attached hydrogens (tertiary/aromatic N) is 1. The van der Waals surface area contributed by atoms with Crippen LogP contribution in [0.1, 0.15) is 42.7 Å². The van der Waals surface area contributed by atoms with E-state index in [4.69, 9.17) is 9.15 Å². The molecule has 1 fully saturated rings. The molecule has 6 nitrogen and oxygen atoms in total. The van der Waals surface area contributed by atoms with E-state index in [1.165, 1.54) is 11.2 Å². The molecule has 2 heterocycles. The molecular formula is C26H24BrNO5. The first-order valence-electron chi connectivity index (χ1n) is 10.8. The molecule has 0 aliphatic carbocycles. The van der Waals surface area contributed by atoms with Crippen LogP contribution in [0.2, 0.25) is 0 Å². The molecule has 1 saturated heterocycles. The maximum absolute atomic E-state index is 13.1. The molecule has 0 spiro atoms. The van der Waals surface area contributed by atoms with Crippen molar-refractivity contribution in [3.63, 3.8) is 0 Å². The summed E-state index contributed by atoms with van der Waals surface area (Å²) in [7, 11) is 0. The van der Waals surface area contributed by atoms with Crippen molar-refractivity contribution in [1.82, 2.24) is 4.90 Å². The van der Waals surface area contributed by atoms with Gasteiger partial charge in [-0.15, -0.1) is 0 Å². The van der Waals surface area contributed by atoms with Gasteiger partial charge in [0.15, 0.2) is 0 Å². The lowest BCUT2D eigenvalue weighted by molar-refractivity contribution is -0.140. The molecule has 1 amide bonds. The van der Waals surface area contributed by atoms with Gasteiger partial charge in [0.1, 0.15) is 17.3 Å². The number of amides is 1. The molecule has 1 aliphatic rings. The summed E-state index contributed by atoms with van der Waals surface area (Å²) < 4.78 is 12.0. The van der Waals surface area contributed by atoms with Crippen molar-refractivity contribution in [2.45, 2.75) is 32.4 Å². The lowest BCUT2D eigenvalue weighted by Gasteiger charge is -2.24. The number of ketones is 1. The molecule has 0 bridgehead atoms. The molecule has 33 heavy (non-hydrogen) atoms. The summed E-state index contributed by atoms with van der Waals surface area (Å²) in [6.07, 6.45) is 3.44. The molecule has 1 unspecified atom stereocenters. The van der Waals surface area contributed by atoms with E-state index < -0.39 is 17.7 Å². The van der Waals surface area contributed by atoms with Crippen molar-refractivity contribution in [2.24, 2.45) is 0 Å². The Bertz CT molecular complexity index is 1170. The summed E-state index contributed by atoms with van der Waals surface area (Å²) in [5.74, 6) is -0.507. The minimum absolute atomic E-state index is 0.0413. The van der Waals surface area contributed by atoms with Gasteiger partial charge in [-0.25, -0.2) is 0 Å². The highest BCUT2D eigenvalue weighted by Crippen LogP contribution is 2.40. The number of ether oxygens (including phenoxy) is 1. The second kappa shape index (κ2) is 10.1. The number of aliphatic hydroxyl groups excluding tert-OH is 1. The van der Waals surface area contributed by atoms with Gasteiger partial charge in [-0.05, 0) is 48.4 Å². The molecule has 1 atom stereocenters. The lowest BCUT2D eigenvalue weighted by Crippen LogP contribution is -2.29. The quantitative estimate of drug-likeness (QED) is 0.178. The van der Waals surface area contributed by atoms with Crippen LogP contribution in [0.5, 0.6) is 5.75 Å². The fourth-order valence-corrected chi connectivity index (χ4v) is 4.09. The van der Waals surface area contributed by atoms with Crippen molar-refractivity contribution in [1.29, 1.82) is 0 Å². The Morgan fingerprint density at radius 1 is 1.12 bits per heavy atom. The van der Waals surface area contributed by atoms with Gasteiger partial charge >= 0.3 is 0 Å². The van der Waals surface area contributed by atoms with Crippen LogP contribution in [0, 0.1) is 0 Å². The summed E-state index contributed by atoms with van der Waals surface area (Å²) in [6, 6.07) is 17.0. The number of hydrogen-bond donors (Lipinski definition) is 1. The SMILES string of the molecule is CCCCOc1cccc(C(O)=C2C(=O)C(=O)N(Cc3ccco3)C2c2ccc(Br)cc2)c1. The topological polar surface area (TPSA) is 80.0 Å². The number of rotatable bonds is 8. The highest BCUT2D eigenvalue weighted by Gasteiger charge is 2.46. The summed E-state index contributed by atoms with van der Waals surface area (Å²) in [5, 5.41) is 11.2. The van der Waals surface area contributed by atoms with E-state index >= 15 is 0 Å². The summed E-state index contributed by atoms with van der Waals surface area (Å²) in [4.78, 5) is 27.6. The number of Topliss-reactive ketones (excluding diaryl/α,β-unsaturated/α-hetero) is 1. The fraction of sp³-hybridized carbons (Fsp3) is 0.231. The van der Waals surface area contributed by atoms with Crippen LogP contribution in [0.15, 0.2) is 81.4 Å². The van der Waals surface area contributed by atoms with Crippen LogP contribution in [-0.2, 0) is 16.1 Å². The predicted octanol–water partition coefficient (Wildman–Crippen LogP) is 5.84. The third-order valence-electron chi connectivity index (χ3n) is 5.51. The summed E-state index contributed by atoms with van der Waals surface area (Å²) in [5.41, 5.74) is 1.17. The minimum Gasteiger partial charge on any atom is -0.507 e. The number of benzene rings is 2. The largest absolute Gasteiger partial charge is 0.507 e. The minimum atomic E-state index is -0.757. The van der Waals surface area contributed by atoms with Crippen LogP contribution in [-0.4, -0.2) is 28.3 Å². The Morgan fingerprint density at radius 2 is 1.91 bits per heavy atom. The van der Waals surface area contributed by atoms with Gasteiger partial charge in [0.2, 0.25) is 0 Å². The second-order valence-electron chi connectivity index (χ2n) is 7.79. The van der Waals surface area contributed by atoms with Crippen molar-refractivity contribution in [2.75, 3.05) is 6.61 Å². The summed E-state index contributed by atoms with van der Waals surface area (Å²) in [6.45, 7) is 2.75. The Hall–Kier alpha value is -3.32. The first-order chi connectivity index (χ1) is 16.0. The van der Waals surface area contributed by atoms with E-state index in [2.05, 4.69) is 22.9 Å². The van der Waals surface area contributed by atoms with Crippen LogP contribution >= 0.6 is 15.9 Å². The molecule has 0 radical (unpaired) electrons. The molecule has 4 rings (SSSR count). The second-order valence-corrected chi connectivity index (χ2v) is 8.70. The fourth-order valence-electron chi connectivity index (χ4n) is 3.83. The zero-order chi connectivity index (χ0) is 23.4. The molecule has 1 aromatic heterocycles. The van der Waals surface area contributed by atoms with Gasteiger partial charge < -0.3 is 19.2 Å². The molecule has 2 aromatic carbocycles. The molecule has 1 aliphatic heterocycles. The monoisotopic (exact) mass is 509 g/mol. The molecule has 0 saturated carbocycles. The molecule has 1 N–H and O–H groups in total. The average molecular weight is 510 g/mol. The molecule has 170 valence electrons. The Balaban J connectivity index is 1.78. The maximum Gasteiger partial charge on any atom is 0.296 e. The number of likely N-dealkylation sites (tertiary alicyclic amines) is 1. The smallest absolute Gasteiger partial charge is 0.296 e. The number of aliphatic hydroxyl groups is 1. The molecular weight excluding hydrogens is 486 g/mol. The van der Waals surface area contributed by atoms with Gasteiger partial charge in [-0.2, -0.15) is 0 Å². The number of carbonyl (C=O) groups excluding carboxylic acids is 2. The van der Waals surface area contributed by atoms with Crippen LogP contribution in [0.25, 0.3) is 5.76 Å². The van der Waals surface area contributed by atoms with Gasteiger partial charge in [-0.3, -0.25) is 9.59 Å². The van der Waals surface area contributed by atoms with Crippen LogP contribution < -0.4 is 4.74 Å². The van der Waals surface area contributed by atoms with Crippen LogP contribution in [0.3, 0.4) is 0 Å². The van der Waals surface area contributed by atoms with E-state index in [-0.39, 0.29) is 17.9 Å². The normalized spacial score (nSPS) is 17.5. The third-order valence-corrected chi connectivity index (χ3v) is 6.03. The summed E-state index contributed by atoms with van der Waals surface area (Å²) >= 11 is 3.42. The lowest BCUT2D eigenvalue weighted by atomic mass is 9.95. The average Bonchev–Trinajstić information content (AvgIpc) is 3.42. The Labute approximate surface area is 200 Å². The van der Waals surface area contributed by atoms with Crippen LogP contribution in [0.4, 0.5) is 0 Å². The van der Waals surface area contributed by atoms with Crippen molar-refractivity contribution in [3.8, 4) is 5.75 Å². The Morgan fingerprint density at radius 3 is 2.61 bits per heavy atom. The van der Waals surface area contributed by atoms with Crippen molar-refractivity contribution < 1.29 is 23.8 Å². The number of halogens is 1. The molecule has 7 heteroatoms. The zero-order valence-electron chi connectivity index (χ0n) is 18.2. The highest BCUT2D eigenvalue weighted by atomic mass is 79.9. The third kappa shape index (κ3) is 4.88. The van der Waals surface area contributed by atoms with Gasteiger partial charge in [0, 0.05) is 10.0 Å². The van der Waals surface area contributed by atoms with E-state index in [9.17, 15) is 14.7 Å². The standard InChI is InChI=1S/C26H24BrNO5/c1-2-3-13-32-20-7-4-6-18(15-20)24(29)22-23(17-9-11-19(27)12-10-17)28(26(31)25(22)30)16-21-8-5-14-33-21/h4-12,14-15,23,29H,2-3,13,16H2,1H3. The van der Waals surface area contributed by atoms with E-state index in [0.29, 0.717) is 29.2 Å². The number of furan rings is 1. The van der Waals surface area contributed by atoms with Gasteiger partial charge in [0.25, 0.3) is 11.7 Å². The zero-order valence-corrected chi connectivity index (χ0v) is 19.7. The molecule has 3 aromatic rings. The number of carbonyl (C=O) groups is 2. The first kappa shape index (κ1) is 22.9. The highest BCUT2D eigenvalue weighted by molar-refractivity contribution is 9.10. The predicted molar refractivity (Wildman–Crippen MR) is 128 cm³/mol.